The summed E-state index contributed by atoms with van der Waals surface area (Å²) in [5, 5.41) is 14.1. The Morgan fingerprint density at radius 1 is 1.36 bits per heavy atom. The topological polar surface area (TPSA) is 84.8 Å². The summed E-state index contributed by atoms with van der Waals surface area (Å²) in [5.41, 5.74) is 3.17. The van der Waals surface area contributed by atoms with Gasteiger partial charge in [-0.2, -0.15) is 10.2 Å². The molecule has 0 atom stereocenters. The van der Waals surface area contributed by atoms with Crippen LogP contribution in [0, 0.1) is 6.92 Å². The van der Waals surface area contributed by atoms with Gasteiger partial charge in [-0.05, 0) is 37.1 Å². The van der Waals surface area contributed by atoms with E-state index in [9.17, 15) is 4.79 Å². The monoisotopic (exact) mass is 339 g/mol. The van der Waals surface area contributed by atoms with Crippen LogP contribution < -0.4 is 10.1 Å². The van der Waals surface area contributed by atoms with E-state index >= 15 is 0 Å². The second kappa shape index (κ2) is 7.65. The molecule has 0 saturated carbocycles. The zero-order valence-corrected chi connectivity index (χ0v) is 14.3. The Bertz CT molecular complexity index is 853. The van der Waals surface area contributed by atoms with Crippen LogP contribution in [-0.2, 0) is 6.54 Å². The minimum atomic E-state index is -0.168. The maximum Gasteiger partial charge on any atom is 0.269 e. The van der Waals surface area contributed by atoms with Gasteiger partial charge in [0.05, 0.1) is 19.0 Å². The van der Waals surface area contributed by atoms with Gasteiger partial charge in [-0.15, -0.1) is 0 Å². The van der Waals surface area contributed by atoms with Crippen LogP contribution in [0.25, 0.3) is 11.3 Å². The molecule has 0 aliphatic heterocycles. The highest BCUT2D eigenvalue weighted by molar-refractivity contribution is 5.93. The first kappa shape index (κ1) is 16.8. The molecule has 2 aromatic heterocycles. The number of benzene rings is 1. The van der Waals surface area contributed by atoms with Crippen molar-refractivity contribution in [2.24, 2.45) is 0 Å². The lowest BCUT2D eigenvalue weighted by Crippen LogP contribution is -2.25. The largest absolute Gasteiger partial charge is 0.497 e. The van der Waals surface area contributed by atoms with E-state index in [4.69, 9.17) is 4.74 Å². The molecule has 0 radical (unpaired) electrons. The zero-order valence-electron chi connectivity index (χ0n) is 14.3. The van der Waals surface area contributed by atoms with Gasteiger partial charge >= 0.3 is 0 Å². The first-order chi connectivity index (χ1) is 12.2. The third kappa shape index (κ3) is 4.26. The van der Waals surface area contributed by atoms with E-state index in [0.29, 0.717) is 17.9 Å². The second-order valence-corrected chi connectivity index (χ2v) is 5.79. The van der Waals surface area contributed by atoms with E-state index < -0.39 is 0 Å². The zero-order chi connectivity index (χ0) is 17.6. The summed E-state index contributed by atoms with van der Waals surface area (Å²) in [5.74, 6) is 0.582. The van der Waals surface area contributed by atoms with Crippen LogP contribution in [0.4, 0.5) is 0 Å². The van der Waals surface area contributed by atoms with Gasteiger partial charge < -0.3 is 10.1 Å². The molecule has 0 spiro atoms. The molecular formula is C18H21N5O2. The number of rotatable bonds is 7. The molecule has 7 heteroatoms. The van der Waals surface area contributed by atoms with Crippen LogP contribution in [-0.4, -0.2) is 39.5 Å². The Balaban J connectivity index is 1.53. The van der Waals surface area contributed by atoms with Gasteiger partial charge in [-0.25, -0.2) is 0 Å². The van der Waals surface area contributed by atoms with Crippen LogP contribution in [0.3, 0.4) is 0 Å². The summed E-state index contributed by atoms with van der Waals surface area (Å²) in [6, 6.07) is 9.29. The lowest BCUT2D eigenvalue weighted by Gasteiger charge is -2.04. The summed E-state index contributed by atoms with van der Waals surface area (Å²) < 4.78 is 7.08. The molecule has 0 aliphatic rings. The van der Waals surface area contributed by atoms with E-state index in [1.165, 1.54) is 0 Å². The van der Waals surface area contributed by atoms with Crippen molar-refractivity contribution in [1.82, 2.24) is 25.3 Å². The molecule has 0 saturated heterocycles. The number of amides is 1. The number of ether oxygens (including phenoxy) is 1. The number of hydrogen-bond donors (Lipinski definition) is 2. The molecule has 0 bridgehead atoms. The van der Waals surface area contributed by atoms with Gasteiger partial charge in [-0.1, -0.05) is 12.1 Å². The molecule has 0 aliphatic carbocycles. The predicted octanol–water partition coefficient (Wildman–Crippen LogP) is 2.41. The third-order valence-corrected chi connectivity index (χ3v) is 3.80. The third-order valence-electron chi connectivity index (χ3n) is 3.80. The van der Waals surface area contributed by atoms with E-state index in [2.05, 4.69) is 20.6 Å². The number of methoxy groups -OCH3 is 1. The van der Waals surface area contributed by atoms with Gasteiger partial charge in [0.15, 0.2) is 0 Å². The van der Waals surface area contributed by atoms with E-state index in [-0.39, 0.29) is 5.91 Å². The number of aromatic nitrogens is 4. The van der Waals surface area contributed by atoms with Crippen LogP contribution in [0.15, 0.2) is 42.7 Å². The highest BCUT2D eigenvalue weighted by Gasteiger charge is 2.11. The molecule has 2 heterocycles. The number of carbonyl (C=O) groups is 1. The molecule has 7 nitrogen and oxygen atoms in total. The summed E-state index contributed by atoms with van der Waals surface area (Å²) in [7, 11) is 1.62. The van der Waals surface area contributed by atoms with Crippen molar-refractivity contribution in [3.63, 3.8) is 0 Å². The quantitative estimate of drug-likeness (QED) is 0.647. The van der Waals surface area contributed by atoms with Crippen LogP contribution in [0.1, 0.15) is 22.5 Å². The van der Waals surface area contributed by atoms with E-state index in [0.717, 1.165) is 29.8 Å². The Morgan fingerprint density at radius 2 is 2.24 bits per heavy atom. The van der Waals surface area contributed by atoms with Crippen molar-refractivity contribution in [3.8, 4) is 17.0 Å². The molecule has 130 valence electrons. The maximum absolute atomic E-state index is 12.2. The molecule has 3 rings (SSSR count). The van der Waals surface area contributed by atoms with Crippen LogP contribution >= 0.6 is 0 Å². The fourth-order valence-corrected chi connectivity index (χ4v) is 2.50. The van der Waals surface area contributed by atoms with E-state index in [1.54, 1.807) is 13.2 Å². The average Bonchev–Trinajstić information content (AvgIpc) is 3.28. The Kier molecular flexibility index (Phi) is 5.13. The number of aromatic amines is 1. The smallest absolute Gasteiger partial charge is 0.269 e. The van der Waals surface area contributed by atoms with Crippen molar-refractivity contribution in [2.75, 3.05) is 13.7 Å². The fourth-order valence-electron chi connectivity index (χ4n) is 2.50. The molecule has 0 unspecified atom stereocenters. The minimum Gasteiger partial charge on any atom is -0.497 e. The number of carbonyl (C=O) groups excluding carboxylic acids is 1. The van der Waals surface area contributed by atoms with Crippen LogP contribution in [0.2, 0.25) is 0 Å². The highest BCUT2D eigenvalue weighted by atomic mass is 16.5. The summed E-state index contributed by atoms with van der Waals surface area (Å²) in [6.45, 7) is 3.35. The number of H-pyrrole nitrogens is 1. The van der Waals surface area contributed by atoms with Gasteiger partial charge in [0, 0.05) is 24.8 Å². The van der Waals surface area contributed by atoms with Crippen molar-refractivity contribution >= 4 is 5.91 Å². The first-order valence-corrected chi connectivity index (χ1v) is 8.13. The standard InChI is InChI=1S/C18H21N5O2/c1-13-11-20-23(12-13)8-4-7-19-18(24)17-10-16(21-22-17)14-5-3-6-15(9-14)25-2/h3,5-6,9-12H,4,7-8H2,1-2H3,(H,19,24)(H,21,22). The van der Waals surface area contributed by atoms with Gasteiger partial charge in [-0.3, -0.25) is 14.6 Å². The van der Waals surface area contributed by atoms with Gasteiger partial charge in [0.2, 0.25) is 0 Å². The fraction of sp³-hybridized carbons (Fsp3) is 0.278. The maximum atomic E-state index is 12.2. The highest BCUT2D eigenvalue weighted by Crippen LogP contribution is 2.22. The molecule has 2 N–H and O–H groups in total. The SMILES string of the molecule is COc1cccc(-c2cc(C(=O)NCCCn3cc(C)cn3)[nH]n2)c1. The second-order valence-electron chi connectivity index (χ2n) is 5.79. The van der Waals surface area contributed by atoms with Gasteiger partial charge in [0.1, 0.15) is 11.4 Å². The Morgan fingerprint density at radius 3 is 3.00 bits per heavy atom. The summed E-state index contributed by atoms with van der Waals surface area (Å²) >= 11 is 0. The minimum absolute atomic E-state index is 0.168. The Hall–Kier alpha value is -3.09. The number of nitrogens with one attached hydrogen (secondary N) is 2. The Labute approximate surface area is 146 Å². The first-order valence-electron chi connectivity index (χ1n) is 8.13. The number of hydrogen-bond acceptors (Lipinski definition) is 4. The molecule has 3 aromatic rings. The summed E-state index contributed by atoms with van der Waals surface area (Å²) in [4.78, 5) is 12.2. The average molecular weight is 339 g/mol. The van der Waals surface area contributed by atoms with Crippen molar-refractivity contribution in [2.45, 2.75) is 19.9 Å². The summed E-state index contributed by atoms with van der Waals surface area (Å²) in [6.07, 6.45) is 4.62. The molecular weight excluding hydrogens is 318 g/mol. The molecule has 1 aromatic carbocycles. The van der Waals surface area contributed by atoms with Crippen molar-refractivity contribution in [3.05, 3.63) is 54.0 Å². The van der Waals surface area contributed by atoms with Crippen molar-refractivity contribution in [1.29, 1.82) is 0 Å². The lowest BCUT2D eigenvalue weighted by molar-refractivity contribution is 0.0947. The molecule has 0 fully saturated rings. The van der Waals surface area contributed by atoms with Crippen molar-refractivity contribution < 1.29 is 9.53 Å². The normalized spacial score (nSPS) is 10.6. The number of aryl methyl sites for hydroxylation is 2. The van der Waals surface area contributed by atoms with Crippen LogP contribution in [0.5, 0.6) is 5.75 Å². The molecule has 25 heavy (non-hydrogen) atoms. The van der Waals surface area contributed by atoms with E-state index in [1.807, 2.05) is 48.3 Å². The predicted molar refractivity (Wildman–Crippen MR) is 94.5 cm³/mol. The van der Waals surface area contributed by atoms with Gasteiger partial charge in [0.25, 0.3) is 5.91 Å². The molecule has 1 amide bonds. The number of nitrogens with zero attached hydrogens (tertiary/aromatic N) is 3. The lowest BCUT2D eigenvalue weighted by atomic mass is 10.1.